The van der Waals surface area contributed by atoms with Gasteiger partial charge in [-0.25, -0.2) is 17.9 Å². The zero-order valence-corrected chi connectivity index (χ0v) is 15.3. The summed E-state index contributed by atoms with van der Waals surface area (Å²) in [6.07, 6.45) is 3.51. The lowest BCUT2D eigenvalue weighted by atomic mass is 10.2. The molecule has 1 aromatic carbocycles. The van der Waals surface area contributed by atoms with E-state index in [1.54, 1.807) is 0 Å². The summed E-state index contributed by atoms with van der Waals surface area (Å²) < 4.78 is 39.0. The van der Waals surface area contributed by atoms with Crippen molar-refractivity contribution in [3.05, 3.63) is 23.8 Å². The van der Waals surface area contributed by atoms with Crippen molar-refractivity contribution in [3.63, 3.8) is 0 Å². The molecule has 0 aromatic heterocycles. The van der Waals surface area contributed by atoms with E-state index >= 15 is 0 Å². The Labute approximate surface area is 152 Å². The number of nitrogens with one attached hydrogen (secondary N) is 2. The monoisotopic (exact) mass is 384 g/mol. The van der Waals surface area contributed by atoms with Gasteiger partial charge in [-0.15, -0.1) is 0 Å². The molecule has 3 N–H and O–H groups in total. The van der Waals surface area contributed by atoms with Crippen LogP contribution in [0.15, 0.2) is 23.1 Å². The van der Waals surface area contributed by atoms with E-state index in [0.29, 0.717) is 25.4 Å². The highest BCUT2D eigenvalue weighted by molar-refractivity contribution is 7.89. The average molecular weight is 384 g/mol. The molecule has 144 valence electrons. The van der Waals surface area contributed by atoms with Crippen LogP contribution >= 0.6 is 0 Å². The fourth-order valence-electron chi connectivity index (χ4n) is 3.14. The second-order valence-corrected chi connectivity index (χ2v) is 8.25. The molecule has 1 aromatic rings. The quantitative estimate of drug-likeness (QED) is 0.621. The number of anilines is 1. The topological polar surface area (TPSA) is 114 Å². The second kappa shape index (κ2) is 8.34. The molecule has 9 heteroatoms. The smallest absolute Gasteiger partial charge is 0.335 e. The highest BCUT2D eigenvalue weighted by atomic mass is 32.2. The van der Waals surface area contributed by atoms with Gasteiger partial charge in [-0.1, -0.05) is 0 Å². The van der Waals surface area contributed by atoms with Gasteiger partial charge in [-0.2, -0.15) is 0 Å². The van der Waals surface area contributed by atoms with Gasteiger partial charge in [-0.05, 0) is 43.9 Å². The second-order valence-electron chi connectivity index (χ2n) is 6.52. The summed E-state index contributed by atoms with van der Waals surface area (Å²) in [7, 11) is -3.88. The first-order valence-electron chi connectivity index (χ1n) is 8.80. The lowest BCUT2D eigenvalue weighted by Crippen LogP contribution is -2.32. The molecule has 2 aliphatic rings. The van der Waals surface area contributed by atoms with Crippen molar-refractivity contribution in [1.29, 1.82) is 0 Å². The Balaban J connectivity index is 1.78. The van der Waals surface area contributed by atoms with E-state index in [0.717, 1.165) is 25.7 Å². The number of ether oxygens (including phenoxy) is 2. The van der Waals surface area contributed by atoms with Crippen molar-refractivity contribution in [1.82, 2.24) is 4.72 Å². The molecule has 0 aliphatic carbocycles. The highest BCUT2D eigenvalue weighted by Gasteiger charge is 2.24. The van der Waals surface area contributed by atoms with E-state index in [-0.39, 0.29) is 29.2 Å². The Hall–Kier alpha value is -1.68. The number of rotatable bonds is 8. The number of hydrogen-bond donors (Lipinski definition) is 3. The van der Waals surface area contributed by atoms with Crippen LogP contribution < -0.4 is 10.0 Å². The summed E-state index contributed by atoms with van der Waals surface area (Å²) in [6.45, 7) is 1.99. The minimum atomic E-state index is -3.88. The van der Waals surface area contributed by atoms with Crippen LogP contribution in [0, 0.1) is 0 Å². The Morgan fingerprint density at radius 2 is 1.77 bits per heavy atom. The summed E-state index contributed by atoms with van der Waals surface area (Å²) in [6, 6.07) is 4.05. The van der Waals surface area contributed by atoms with Gasteiger partial charge in [0.15, 0.2) is 0 Å². The van der Waals surface area contributed by atoms with Crippen molar-refractivity contribution in [2.24, 2.45) is 0 Å². The summed E-state index contributed by atoms with van der Waals surface area (Å²) in [5.41, 5.74) is 0.287. The molecule has 0 saturated carbocycles. The van der Waals surface area contributed by atoms with Crippen LogP contribution in [-0.2, 0) is 19.5 Å². The first kappa shape index (κ1) is 19.1. The van der Waals surface area contributed by atoms with E-state index in [9.17, 15) is 18.3 Å². The predicted octanol–water partition coefficient (Wildman–Crippen LogP) is 1.43. The van der Waals surface area contributed by atoms with Gasteiger partial charge < -0.3 is 19.9 Å². The summed E-state index contributed by atoms with van der Waals surface area (Å²) in [5, 5.41) is 12.3. The summed E-state index contributed by atoms with van der Waals surface area (Å²) >= 11 is 0. The number of benzene rings is 1. The molecule has 2 saturated heterocycles. The number of hydrogen-bond acceptors (Lipinski definition) is 6. The number of aromatic carboxylic acids is 1. The minimum Gasteiger partial charge on any atom is -0.478 e. The van der Waals surface area contributed by atoms with Crippen LogP contribution in [0.25, 0.3) is 0 Å². The molecule has 0 radical (unpaired) electrons. The van der Waals surface area contributed by atoms with E-state index < -0.39 is 16.0 Å². The fraction of sp³-hybridized carbons (Fsp3) is 0.588. The Bertz CT molecular complexity index is 740. The maximum atomic E-state index is 12.7. The van der Waals surface area contributed by atoms with Gasteiger partial charge in [0.2, 0.25) is 10.0 Å². The van der Waals surface area contributed by atoms with E-state index in [1.807, 2.05) is 0 Å². The Morgan fingerprint density at radius 1 is 1.12 bits per heavy atom. The molecule has 2 atom stereocenters. The molecule has 26 heavy (non-hydrogen) atoms. The lowest BCUT2D eigenvalue weighted by Gasteiger charge is -2.17. The molecule has 2 heterocycles. The first-order chi connectivity index (χ1) is 12.5. The average Bonchev–Trinajstić information content (AvgIpc) is 3.31. The van der Waals surface area contributed by atoms with E-state index in [4.69, 9.17) is 9.47 Å². The van der Waals surface area contributed by atoms with Crippen molar-refractivity contribution >= 4 is 21.7 Å². The molecular formula is C17H24N2O6S. The first-order valence-corrected chi connectivity index (χ1v) is 10.3. The van der Waals surface area contributed by atoms with Gasteiger partial charge in [0.05, 0.1) is 23.5 Å². The van der Waals surface area contributed by atoms with Gasteiger partial charge >= 0.3 is 5.97 Å². The van der Waals surface area contributed by atoms with Crippen LogP contribution in [-0.4, -0.2) is 58.0 Å². The zero-order valence-electron chi connectivity index (χ0n) is 14.4. The maximum absolute atomic E-state index is 12.7. The van der Waals surface area contributed by atoms with Crippen molar-refractivity contribution in [2.75, 3.05) is 31.6 Å². The standard InChI is InChI=1S/C17H24N2O6S/c20-17(21)12-5-6-15(18-10-13-3-1-7-24-13)16(9-12)26(22,23)19-11-14-4-2-8-25-14/h5-6,9,13-14,18-19H,1-4,7-8,10-11H2,(H,20,21)/t13-,14-/m1/s1. The van der Waals surface area contributed by atoms with E-state index in [2.05, 4.69) is 10.0 Å². The third-order valence-corrected chi connectivity index (χ3v) is 6.05. The molecule has 0 bridgehead atoms. The summed E-state index contributed by atoms with van der Waals surface area (Å²) in [5.74, 6) is -1.17. The van der Waals surface area contributed by atoms with Gasteiger partial charge in [0.25, 0.3) is 0 Å². The van der Waals surface area contributed by atoms with Crippen LogP contribution in [0.1, 0.15) is 36.0 Å². The third kappa shape index (κ3) is 4.73. The lowest BCUT2D eigenvalue weighted by molar-refractivity contribution is 0.0696. The van der Waals surface area contributed by atoms with E-state index in [1.165, 1.54) is 18.2 Å². The van der Waals surface area contributed by atoms with Crippen molar-refractivity contribution < 1.29 is 27.8 Å². The molecule has 2 fully saturated rings. The summed E-state index contributed by atoms with van der Waals surface area (Å²) in [4.78, 5) is 11.2. The SMILES string of the molecule is O=C(O)c1ccc(NC[C@H]2CCCO2)c(S(=O)(=O)NC[C@H]2CCCO2)c1. The van der Waals surface area contributed by atoms with Crippen molar-refractivity contribution in [3.8, 4) is 0 Å². The number of carboxylic acid groups (broad SMARTS) is 1. The molecule has 3 rings (SSSR count). The molecular weight excluding hydrogens is 360 g/mol. The Morgan fingerprint density at radius 3 is 2.35 bits per heavy atom. The molecule has 0 amide bonds. The molecule has 2 aliphatic heterocycles. The molecule has 8 nitrogen and oxygen atoms in total. The van der Waals surface area contributed by atoms with Crippen LogP contribution in [0.2, 0.25) is 0 Å². The van der Waals surface area contributed by atoms with Gasteiger partial charge in [0, 0.05) is 26.3 Å². The zero-order chi connectivity index (χ0) is 18.6. The van der Waals surface area contributed by atoms with Crippen molar-refractivity contribution in [2.45, 2.75) is 42.8 Å². The maximum Gasteiger partial charge on any atom is 0.335 e. The van der Waals surface area contributed by atoms with Crippen LogP contribution in [0.4, 0.5) is 5.69 Å². The third-order valence-electron chi connectivity index (χ3n) is 4.59. The highest BCUT2D eigenvalue weighted by Crippen LogP contribution is 2.24. The number of carboxylic acids is 1. The van der Waals surface area contributed by atoms with Crippen LogP contribution in [0.3, 0.4) is 0 Å². The number of sulfonamides is 1. The number of carbonyl (C=O) groups is 1. The predicted molar refractivity (Wildman–Crippen MR) is 95.0 cm³/mol. The van der Waals surface area contributed by atoms with Gasteiger partial charge in [0.1, 0.15) is 4.90 Å². The molecule has 0 spiro atoms. The largest absolute Gasteiger partial charge is 0.478 e. The fourth-order valence-corrected chi connectivity index (χ4v) is 4.41. The molecule has 0 unspecified atom stereocenters. The van der Waals surface area contributed by atoms with Crippen LogP contribution in [0.5, 0.6) is 0 Å². The minimum absolute atomic E-state index is 0.0320. The normalized spacial score (nSPS) is 23.2. The van der Waals surface area contributed by atoms with Gasteiger partial charge in [-0.3, -0.25) is 0 Å². The Kier molecular flexibility index (Phi) is 6.13.